The Morgan fingerprint density at radius 1 is 1.12 bits per heavy atom. The lowest BCUT2D eigenvalue weighted by atomic mass is 10.2. The second-order valence-electron chi connectivity index (χ2n) is 3.91. The van der Waals surface area contributed by atoms with E-state index in [1.54, 1.807) is 0 Å². The largest absolute Gasteiger partial charge is 0.378 e. The highest BCUT2D eigenvalue weighted by atomic mass is 32.1. The van der Waals surface area contributed by atoms with Crippen LogP contribution in [0.5, 0.6) is 0 Å². The molecule has 0 radical (unpaired) electrons. The summed E-state index contributed by atoms with van der Waals surface area (Å²) in [6.07, 6.45) is 0. The molecule has 1 aromatic carbocycles. The van der Waals surface area contributed by atoms with Crippen molar-refractivity contribution in [3.63, 3.8) is 0 Å². The molecule has 5 heteroatoms. The molecular formula is C11H13N3OS. The summed E-state index contributed by atoms with van der Waals surface area (Å²) in [6.45, 7) is 3.52. The van der Waals surface area contributed by atoms with Crippen LogP contribution in [0.4, 0.5) is 5.69 Å². The molecule has 0 spiro atoms. The van der Waals surface area contributed by atoms with Gasteiger partial charge >= 0.3 is 0 Å². The minimum absolute atomic E-state index is 0.675. The number of aromatic nitrogens is 2. The van der Waals surface area contributed by atoms with Crippen molar-refractivity contribution in [2.75, 3.05) is 31.2 Å². The van der Waals surface area contributed by atoms with Crippen LogP contribution in [-0.2, 0) is 4.74 Å². The van der Waals surface area contributed by atoms with Crippen LogP contribution in [0.15, 0.2) is 18.2 Å². The predicted octanol–water partition coefficient (Wildman–Crippen LogP) is 2.06. The molecule has 1 aromatic heterocycles. The van der Waals surface area contributed by atoms with Gasteiger partial charge in [-0.3, -0.25) is 0 Å². The third-order valence-electron chi connectivity index (χ3n) is 2.88. The van der Waals surface area contributed by atoms with Crippen molar-refractivity contribution in [2.24, 2.45) is 0 Å². The number of rotatable bonds is 1. The lowest BCUT2D eigenvalue weighted by molar-refractivity contribution is 0.122. The second kappa shape index (κ2) is 3.92. The minimum atomic E-state index is 0.675. The number of hydrogen-bond acceptors (Lipinski definition) is 3. The molecule has 0 unspecified atom stereocenters. The van der Waals surface area contributed by atoms with E-state index in [0.29, 0.717) is 4.77 Å². The Balaban J connectivity index is 2.00. The van der Waals surface area contributed by atoms with Gasteiger partial charge in [-0.05, 0) is 30.4 Å². The fraction of sp³-hybridized carbons (Fsp3) is 0.364. The van der Waals surface area contributed by atoms with Crippen LogP contribution in [0, 0.1) is 4.77 Å². The van der Waals surface area contributed by atoms with Crippen LogP contribution in [0.1, 0.15) is 0 Å². The Hall–Kier alpha value is -1.33. The number of aromatic amines is 2. The molecule has 2 aromatic rings. The van der Waals surface area contributed by atoms with Gasteiger partial charge in [0.15, 0.2) is 4.77 Å². The van der Waals surface area contributed by atoms with Gasteiger partial charge in [-0.1, -0.05) is 0 Å². The molecule has 2 heterocycles. The maximum atomic E-state index is 5.34. The van der Waals surface area contributed by atoms with Gasteiger partial charge in [-0.25, -0.2) is 0 Å². The monoisotopic (exact) mass is 235 g/mol. The molecule has 0 amide bonds. The molecule has 0 saturated carbocycles. The first-order valence-electron chi connectivity index (χ1n) is 5.38. The van der Waals surface area contributed by atoms with Crippen LogP contribution >= 0.6 is 12.2 Å². The Bertz CT molecular complexity index is 554. The van der Waals surface area contributed by atoms with E-state index in [1.165, 1.54) is 5.69 Å². The van der Waals surface area contributed by atoms with Gasteiger partial charge in [0.05, 0.1) is 24.2 Å². The van der Waals surface area contributed by atoms with Gasteiger partial charge in [-0.2, -0.15) is 0 Å². The Labute approximate surface area is 98.2 Å². The zero-order chi connectivity index (χ0) is 11.0. The topological polar surface area (TPSA) is 44.0 Å². The number of nitrogens with one attached hydrogen (secondary N) is 2. The average molecular weight is 235 g/mol. The standard InChI is InChI=1S/C11H13N3OS/c16-11-12-9-2-1-8(7-10(9)13-11)14-3-5-15-6-4-14/h1-2,7H,3-6H2,(H2,12,13,16). The van der Waals surface area contributed by atoms with E-state index in [0.717, 1.165) is 37.3 Å². The number of anilines is 1. The number of H-pyrrole nitrogens is 2. The minimum Gasteiger partial charge on any atom is -0.378 e. The number of fused-ring (bicyclic) bond motifs is 1. The van der Waals surface area contributed by atoms with E-state index >= 15 is 0 Å². The van der Waals surface area contributed by atoms with E-state index in [2.05, 4.69) is 33.1 Å². The normalized spacial score (nSPS) is 16.9. The zero-order valence-corrected chi connectivity index (χ0v) is 9.64. The second-order valence-corrected chi connectivity index (χ2v) is 4.32. The molecule has 3 rings (SSSR count). The SMILES string of the molecule is S=c1[nH]c2ccc(N3CCOCC3)cc2[nH]1. The Kier molecular flexibility index (Phi) is 2.41. The van der Waals surface area contributed by atoms with Crippen molar-refractivity contribution >= 4 is 28.9 Å². The lowest BCUT2D eigenvalue weighted by Crippen LogP contribution is -2.36. The molecule has 84 valence electrons. The fourth-order valence-electron chi connectivity index (χ4n) is 2.04. The van der Waals surface area contributed by atoms with Crippen molar-refractivity contribution in [3.8, 4) is 0 Å². The molecule has 1 aliphatic rings. The lowest BCUT2D eigenvalue weighted by Gasteiger charge is -2.28. The molecule has 1 aliphatic heterocycles. The maximum absolute atomic E-state index is 5.34. The number of benzene rings is 1. The molecule has 4 nitrogen and oxygen atoms in total. The van der Waals surface area contributed by atoms with E-state index in [9.17, 15) is 0 Å². The molecule has 1 saturated heterocycles. The van der Waals surface area contributed by atoms with Crippen LogP contribution in [0.25, 0.3) is 11.0 Å². The Morgan fingerprint density at radius 3 is 2.69 bits per heavy atom. The zero-order valence-electron chi connectivity index (χ0n) is 8.82. The first-order valence-corrected chi connectivity index (χ1v) is 5.78. The smallest absolute Gasteiger partial charge is 0.175 e. The quantitative estimate of drug-likeness (QED) is 0.744. The fourth-order valence-corrected chi connectivity index (χ4v) is 2.26. The average Bonchev–Trinajstić information content (AvgIpc) is 2.69. The number of hydrogen-bond donors (Lipinski definition) is 2. The molecule has 0 bridgehead atoms. The van der Waals surface area contributed by atoms with Crippen molar-refractivity contribution in [2.45, 2.75) is 0 Å². The molecule has 0 aliphatic carbocycles. The van der Waals surface area contributed by atoms with E-state index < -0.39 is 0 Å². The van der Waals surface area contributed by atoms with Gasteiger partial charge in [0, 0.05) is 18.8 Å². The number of morpholine rings is 1. The first kappa shape index (κ1) is 9.86. The molecule has 1 fully saturated rings. The highest BCUT2D eigenvalue weighted by Crippen LogP contribution is 2.20. The van der Waals surface area contributed by atoms with Crippen LogP contribution < -0.4 is 4.90 Å². The number of nitrogens with zero attached hydrogens (tertiary/aromatic N) is 1. The third kappa shape index (κ3) is 1.72. The first-order chi connectivity index (χ1) is 7.83. The highest BCUT2D eigenvalue weighted by Gasteiger charge is 2.11. The highest BCUT2D eigenvalue weighted by molar-refractivity contribution is 7.71. The number of imidazole rings is 1. The van der Waals surface area contributed by atoms with Gasteiger partial charge in [-0.15, -0.1) is 0 Å². The summed E-state index contributed by atoms with van der Waals surface area (Å²) in [4.78, 5) is 8.57. The molecule has 16 heavy (non-hydrogen) atoms. The third-order valence-corrected chi connectivity index (χ3v) is 3.08. The van der Waals surface area contributed by atoms with Crippen LogP contribution in [0.2, 0.25) is 0 Å². The van der Waals surface area contributed by atoms with Crippen LogP contribution in [-0.4, -0.2) is 36.3 Å². The van der Waals surface area contributed by atoms with E-state index in [-0.39, 0.29) is 0 Å². The van der Waals surface area contributed by atoms with Crippen molar-refractivity contribution in [1.29, 1.82) is 0 Å². The molecule has 2 N–H and O–H groups in total. The summed E-state index contributed by atoms with van der Waals surface area (Å²) < 4.78 is 6.02. The summed E-state index contributed by atoms with van der Waals surface area (Å²) in [6, 6.07) is 6.31. The summed E-state index contributed by atoms with van der Waals surface area (Å²) in [5.74, 6) is 0. The summed E-state index contributed by atoms with van der Waals surface area (Å²) >= 11 is 5.07. The van der Waals surface area contributed by atoms with Gasteiger partial charge in [0.1, 0.15) is 0 Å². The Morgan fingerprint density at radius 2 is 1.88 bits per heavy atom. The van der Waals surface area contributed by atoms with E-state index in [4.69, 9.17) is 17.0 Å². The maximum Gasteiger partial charge on any atom is 0.175 e. The van der Waals surface area contributed by atoms with Crippen LogP contribution in [0.3, 0.4) is 0 Å². The summed E-state index contributed by atoms with van der Waals surface area (Å²) in [5.41, 5.74) is 3.34. The summed E-state index contributed by atoms with van der Waals surface area (Å²) in [7, 11) is 0. The van der Waals surface area contributed by atoms with Crippen molar-refractivity contribution in [3.05, 3.63) is 23.0 Å². The predicted molar refractivity (Wildman–Crippen MR) is 66.5 cm³/mol. The van der Waals surface area contributed by atoms with E-state index in [1.807, 2.05) is 0 Å². The molecule has 0 atom stereocenters. The van der Waals surface area contributed by atoms with Gasteiger partial charge in [0.25, 0.3) is 0 Å². The van der Waals surface area contributed by atoms with Crippen molar-refractivity contribution < 1.29 is 4.74 Å². The van der Waals surface area contributed by atoms with Gasteiger partial charge in [0.2, 0.25) is 0 Å². The van der Waals surface area contributed by atoms with Gasteiger partial charge < -0.3 is 19.6 Å². The van der Waals surface area contributed by atoms with Crippen molar-refractivity contribution in [1.82, 2.24) is 9.97 Å². The molecular weight excluding hydrogens is 222 g/mol. The number of ether oxygens (including phenoxy) is 1. The summed E-state index contributed by atoms with van der Waals surface area (Å²) in [5, 5.41) is 0.